The van der Waals surface area contributed by atoms with Gasteiger partial charge in [-0.3, -0.25) is 0 Å². The molecule has 0 N–H and O–H groups in total. The van der Waals surface area contributed by atoms with Crippen molar-refractivity contribution in [2.24, 2.45) is 35.5 Å². The minimum absolute atomic E-state index is 0.106. The molecule has 0 amide bonds. The van der Waals surface area contributed by atoms with Crippen LogP contribution in [0, 0.1) is 35.5 Å². The van der Waals surface area contributed by atoms with E-state index in [9.17, 15) is 0 Å². The van der Waals surface area contributed by atoms with E-state index in [0.29, 0.717) is 0 Å². The summed E-state index contributed by atoms with van der Waals surface area (Å²) in [6.07, 6.45) is 16.2. The van der Waals surface area contributed by atoms with Crippen LogP contribution < -0.4 is 0 Å². The van der Waals surface area contributed by atoms with E-state index in [1.54, 1.807) is 0 Å². The lowest BCUT2D eigenvalue weighted by Gasteiger charge is -2.57. The average molecular weight is 756 g/mol. The van der Waals surface area contributed by atoms with Gasteiger partial charge in [0.2, 0.25) is 0 Å². The summed E-state index contributed by atoms with van der Waals surface area (Å²) in [6, 6.07) is 42.7. The average Bonchev–Trinajstić information content (AvgIpc) is 3.75. The zero-order valence-corrected chi connectivity index (χ0v) is 33.2. The lowest BCUT2D eigenvalue weighted by molar-refractivity contribution is -0.0155. The first kappa shape index (κ1) is 32.6. The molecule has 286 valence electrons. The van der Waals surface area contributed by atoms with Crippen LogP contribution >= 0.6 is 0 Å². The SMILES string of the molecule is c1ccc(-n2c3ccccc3c3cc(-n4c5ccccc5c5ccccc54)ccc32)c(-c2nc(C34CC5CC(CC(C5)C3)C4)nc(C34CC5CC(CC(C5)C3)C4)n2)c1. The molecule has 16 rings (SSSR count). The minimum Gasteiger partial charge on any atom is -0.309 e. The Balaban J connectivity index is 0.976. The number of hydrogen-bond donors (Lipinski definition) is 0. The van der Waals surface area contributed by atoms with Crippen molar-refractivity contribution in [2.45, 2.75) is 87.9 Å². The van der Waals surface area contributed by atoms with Gasteiger partial charge in [0, 0.05) is 43.6 Å². The van der Waals surface area contributed by atoms with Crippen LogP contribution in [0.4, 0.5) is 0 Å². The van der Waals surface area contributed by atoms with Crippen molar-refractivity contribution >= 4 is 43.6 Å². The zero-order valence-electron chi connectivity index (χ0n) is 33.2. The van der Waals surface area contributed by atoms with Crippen molar-refractivity contribution in [3.8, 4) is 22.8 Å². The van der Waals surface area contributed by atoms with Gasteiger partial charge in [0.1, 0.15) is 11.6 Å². The summed E-state index contributed by atoms with van der Waals surface area (Å²) in [5.74, 6) is 8.23. The molecule has 3 aromatic heterocycles. The van der Waals surface area contributed by atoms with Crippen LogP contribution in [-0.4, -0.2) is 24.1 Å². The third kappa shape index (κ3) is 4.56. The number of fused-ring (bicyclic) bond motifs is 6. The molecule has 8 saturated carbocycles. The summed E-state index contributed by atoms with van der Waals surface area (Å²) in [5, 5.41) is 5.08. The van der Waals surface area contributed by atoms with Gasteiger partial charge in [0.05, 0.1) is 27.8 Å². The second-order valence-corrected chi connectivity index (χ2v) is 20.1. The Hall–Kier alpha value is -5.29. The molecule has 5 heteroatoms. The topological polar surface area (TPSA) is 48.5 Å². The van der Waals surface area contributed by atoms with Gasteiger partial charge >= 0.3 is 0 Å². The summed E-state index contributed by atoms with van der Waals surface area (Å²) in [7, 11) is 0. The van der Waals surface area contributed by atoms with E-state index in [0.717, 1.165) is 64.2 Å². The van der Waals surface area contributed by atoms with Crippen LogP contribution in [0.15, 0.2) is 115 Å². The summed E-state index contributed by atoms with van der Waals surface area (Å²) < 4.78 is 4.93. The predicted octanol–water partition coefficient (Wildman–Crippen LogP) is 12.7. The van der Waals surface area contributed by atoms with Gasteiger partial charge in [-0.15, -0.1) is 0 Å². The second kappa shape index (κ2) is 11.7. The zero-order chi connectivity index (χ0) is 37.7. The Morgan fingerprint density at radius 1 is 0.397 bits per heavy atom. The van der Waals surface area contributed by atoms with Crippen molar-refractivity contribution in [1.82, 2.24) is 24.1 Å². The minimum atomic E-state index is 0.106. The molecule has 8 aliphatic carbocycles. The molecule has 0 radical (unpaired) electrons. The maximum absolute atomic E-state index is 5.78. The van der Waals surface area contributed by atoms with Crippen LogP contribution in [0.1, 0.15) is 88.7 Å². The molecule has 8 aromatic rings. The number of para-hydroxylation sites is 4. The van der Waals surface area contributed by atoms with Crippen molar-refractivity contribution < 1.29 is 0 Å². The number of aromatic nitrogens is 5. The third-order valence-electron chi connectivity index (χ3n) is 16.5. The van der Waals surface area contributed by atoms with Crippen molar-refractivity contribution in [3.05, 3.63) is 127 Å². The Morgan fingerprint density at radius 2 is 0.810 bits per heavy atom. The Morgan fingerprint density at radius 3 is 1.33 bits per heavy atom. The molecule has 5 aromatic carbocycles. The molecule has 8 bridgehead atoms. The quantitative estimate of drug-likeness (QED) is 0.176. The lowest BCUT2D eigenvalue weighted by Crippen LogP contribution is -2.51. The fourth-order valence-corrected chi connectivity index (χ4v) is 15.2. The highest BCUT2D eigenvalue weighted by molar-refractivity contribution is 6.12. The molecule has 0 spiro atoms. The molecular weight excluding hydrogens is 707 g/mol. The molecule has 5 nitrogen and oxygen atoms in total. The smallest absolute Gasteiger partial charge is 0.165 e. The van der Waals surface area contributed by atoms with Crippen molar-refractivity contribution in [3.63, 3.8) is 0 Å². The van der Waals surface area contributed by atoms with Crippen molar-refractivity contribution in [1.29, 1.82) is 0 Å². The molecule has 8 aliphatic rings. The van der Waals surface area contributed by atoms with Crippen LogP contribution in [0.2, 0.25) is 0 Å². The Bertz CT molecular complexity index is 2810. The Kier molecular flexibility index (Phi) is 6.57. The van der Waals surface area contributed by atoms with Gasteiger partial charge in [0.25, 0.3) is 0 Å². The number of hydrogen-bond acceptors (Lipinski definition) is 3. The fraction of sp³-hybridized carbons (Fsp3) is 0.377. The molecule has 0 saturated heterocycles. The van der Waals surface area contributed by atoms with Gasteiger partial charge < -0.3 is 9.13 Å². The highest BCUT2D eigenvalue weighted by Crippen LogP contribution is 2.62. The van der Waals surface area contributed by atoms with E-state index in [4.69, 9.17) is 15.0 Å². The standard InChI is InChI=1S/C53H49N5/c1-5-13-44-39(9-1)40-10-2-6-14-45(40)57(44)38-17-18-48-43(25-38)41-11-3-7-15-46(41)58(48)47-16-8-4-12-42(47)49-54-50(52-26-32-19-33(27-52)21-34(20-32)28-52)56-51(55-49)53-29-35-22-36(30-53)24-37(23-35)31-53/h1-18,25,32-37H,19-24,26-31H2. The largest absolute Gasteiger partial charge is 0.309 e. The fourth-order valence-electron chi connectivity index (χ4n) is 15.2. The van der Waals surface area contributed by atoms with Crippen molar-refractivity contribution in [2.75, 3.05) is 0 Å². The highest BCUT2D eigenvalue weighted by atomic mass is 15.1. The van der Waals surface area contributed by atoms with E-state index >= 15 is 0 Å². The maximum Gasteiger partial charge on any atom is 0.165 e. The van der Waals surface area contributed by atoms with Gasteiger partial charge in [0.15, 0.2) is 5.82 Å². The second-order valence-electron chi connectivity index (χ2n) is 20.1. The van der Waals surface area contributed by atoms with Crippen LogP contribution in [0.25, 0.3) is 66.4 Å². The van der Waals surface area contributed by atoms with Gasteiger partial charge in [-0.1, -0.05) is 66.7 Å². The van der Waals surface area contributed by atoms with Gasteiger partial charge in [-0.2, -0.15) is 0 Å². The summed E-state index contributed by atoms with van der Waals surface area (Å²) in [5.41, 5.74) is 8.54. The van der Waals surface area contributed by atoms with E-state index in [1.165, 1.54) is 126 Å². The number of benzene rings is 5. The molecule has 58 heavy (non-hydrogen) atoms. The van der Waals surface area contributed by atoms with E-state index in [2.05, 4.69) is 124 Å². The molecule has 0 unspecified atom stereocenters. The number of rotatable bonds is 5. The molecule has 3 heterocycles. The van der Waals surface area contributed by atoms with E-state index in [1.807, 2.05) is 0 Å². The lowest BCUT2D eigenvalue weighted by atomic mass is 9.49. The van der Waals surface area contributed by atoms with Gasteiger partial charge in [-0.25, -0.2) is 15.0 Å². The summed E-state index contributed by atoms with van der Waals surface area (Å²) in [4.78, 5) is 17.2. The molecule has 0 atom stereocenters. The highest BCUT2D eigenvalue weighted by Gasteiger charge is 2.56. The first-order valence-corrected chi connectivity index (χ1v) is 22.5. The Labute approximate surface area is 339 Å². The van der Waals surface area contributed by atoms with Gasteiger partial charge in [-0.05, 0) is 161 Å². The summed E-state index contributed by atoms with van der Waals surface area (Å²) >= 11 is 0. The van der Waals surface area contributed by atoms with Crippen LogP contribution in [-0.2, 0) is 10.8 Å². The normalized spacial score (nSPS) is 30.8. The monoisotopic (exact) mass is 755 g/mol. The first-order valence-electron chi connectivity index (χ1n) is 22.5. The van der Waals surface area contributed by atoms with Crippen LogP contribution in [0.5, 0.6) is 0 Å². The van der Waals surface area contributed by atoms with E-state index in [-0.39, 0.29) is 10.8 Å². The first-order chi connectivity index (χ1) is 28.6. The predicted molar refractivity (Wildman–Crippen MR) is 234 cm³/mol. The van der Waals surface area contributed by atoms with E-state index < -0.39 is 0 Å². The maximum atomic E-state index is 5.78. The molecular formula is C53H49N5. The molecule has 8 fully saturated rings. The molecule has 0 aliphatic heterocycles. The third-order valence-corrected chi connectivity index (χ3v) is 16.5. The summed E-state index contributed by atoms with van der Waals surface area (Å²) in [6.45, 7) is 0. The van der Waals surface area contributed by atoms with Crippen LogP contribution in [0.3, 0.4) is 0 Å². The number of nitrogens with zero attached hydrogens (tertiary/aromatic N) is 5.